The van der Waals surface area contributed by atoms with E-state index in [0.29, 0.717) is 19.2 Å². The van der Waals surface area contributed by atoms with Crippen LogP contribution in [0.3, 0.4) is 0 Å². The van der Waals surface area contributed by atoms with Gasteiger partial charge >= 0.3 is 0 Å². The molecule has 7 nitrogen and oxygen atoms in total. The maximum Gasteiger partial charge on any atom is 0.194 e. The molecule has 1 aliphatic heterocycles. The zero-order chi connectivity index (χ0) is 22.6. The minimum absolute atomic E-state index is 0. The lowest BCUT2D eigenvalue weighted by Crippen LogP contribution is -2.40. The highest BCUT2D eigenvalue weighted by Gasteiger charge is 2.21. The van der Waals surface area contributed by atoms with Crippen LogP contribution in [0.15, 0.2) is 29.3 Å². The highest BCUT2D eigenvalue weighted by atomic mass is 127. The Kier molecular flexibility index (Phi) is 13.4. The average Bonchev–Trinajstić information content (AvgIpc) is 3.64. The van der Waals surface area contributed by atoms with Crippen LogP contribution in [0, 0.1) is 5.92 Å². The van der Waals surface area contributed by atoms with Gasteiger partial charge in [0.15, 0.2) is 5.96 Å². The highest BCUT2D eigenvalue weighted by molar-refractivity contribution is 14.0. The molecule has 1 heterocycles. The first-order valence-electron chi connectivity index (χ1n) is 12.2. The third-order valence-electron chi connectivity index (χ3n) is 6.15. The predicted molar refractivity (Wildman–Crippen MR) is 145 cm³/mol. The van der Waals surface area contributed by atoms with Gasteiger partial charge in [-0.25, -0.2) is 4.99 Å². The molecule has 2 fully saturated rings. The zero-order valence-corrected chi connectivity index (χ0v) is 23.0. The van der Waals surface area contributed by atoms with Crippen LogP contribution >= 0.6 is 24.0 Å². The molecule has 2 aliphatic rings. The molecule has 0 amide bonds. The van der Waals surface area contributed by atoms with Gasteiger partial charge < -0.3 is 24.4 Å². The summed E-state index contributed by atoms with van der Waals surface area (Å²) in [6, 6.07) is 8.88. The first kappa shape index (κ1) is 28.1. The summed E-state index contributed by atoms with van der Waals surface area (Å²) < 4.78 is 17.3. The SMILES string of the molecule is CCNC(=NCc1cccc(OCCN(C)C2CCOCC2)c1)N(C)CCOCC1CC1.I. The summed E-state index contributed by atoms with van der Waals surface area (Å²) in [6.45, 7) is 9.39. The van der Waals surface area contributed by atoms with E-state index in [9.17, 15) is 0 Å². The van der Waals surface area contributed by atoms with E-state index in [4.69, 9.17) is 19.2 Å². The van der Waals surface area contributed by atoms with Crippen molar-refractivity contribution in [3.63, 3.8) is 0 Å². The number of likely N-dealkylation sites (N-methyl/N-ethyl adjacent to an activating group) is 2. The van der Waals surface area contributed by atoms with Crippen molar-refractivity contribution in [3.05, 3.63) is 29.8 Å². The smallest absolute Gasteiger partial charge is 0.194 e. The number of hydrogen-bond acceptors (Lipinski definition) is 5. The zero-order valence-electron chi connectivity index (χ0n) is 20.6. The largest absolute Gasteiger partial charge is 0.492 e. The van der Waals surface area contributed by atoms with E-state index < -0.39 is 0 Å². The quantitative estimate of drug-likeness (QED) is 0.168. The Labute approximate surface area is 217 Å². The van der Waals surface area contributed by atoms with Gasteiger partial charge in [-0.3, -0.25) is 4.90 Å². The average molecular weight is 575 g/mol. The minimum Gasteiger partial charge on any atom is -0.492 e. The van der Waals surface area contributed by atoms with Gasteiger partial charge in [-0.1, -0.05) is 12.1 Å². The van der Waals surface area contributed by atoms with Gasteiger partial charge in [0.25, 0.3) is 0 Å². The third-order valence-corrected chi connectivity index (χ3v) is 6.15. The standard InChI is InChI=1S/C25H42N4O3.HI/c1-4-26-25(29(3)12-16-31-20-21-8-9-21)27-19-22-6-5-7-24(18-22)32-17-13-28(2)23-10-14-30-15-11-23;/h5-7,18,21,23H,4,8-17,19-20H2,1-3H3,(H,26,27);1H. The molecule has 1 aromatic rings. The van der Waals surface area contributed by atoms with Gasteiger partial charge in [0, 0.05) is 52.5 Å². The molecule has 188 valence electrons. The first-order chi connectivity index (χ1) is 15.7. The molecule has 33 heavy (non-hydrogen) atoms. The van der Waals surface area contributed by atoms with E-state index in [2.05, 4.69) is 48.3 Å². The number of benzene rings is 1. The Hall–Kier alpha value is -1.10. The summed E-state index contributed by atoms with van der Waals surface area (Å²) >= 11 is 0. The van der Waals surface area contributed by atoms with Crippen LogP contribution in [0.1, 0.15) is 38.2 Å². The number of nitrogens with zero attached hydrogens (tertiary/aromatic N) is 3. The molecule has 1 saturated carbocycles. The second-order valence-corrected chi connectivity index (χ2v) is 8.93. The Balaban J connectivity index is 0.00000385. The molecule has 0 bridgehead atoms. The lowest BCUT2D eigenvalue weighted by atomic mass is 10.1. The molecular weight excluding hydrogens is 531 g/mol. The van der Waals surface area contributed by atoms with Crippen molar-refractivity contribution in [1.29, 1.82) is 0 Å². The first-order valence-corrected chi connectivity index (χ1v) is 12.2. The molecule has 0 radical (unpaired) electrons. The molecular formula is C25H43IN4O3. The van der Waals surface area contributed by atoms with Crippen molar-refractivity contribution < 1.29 is 14.2 Å². The molecule has 1 N–H and O–H groups in total. The van der Waals surface area contributed by atoms with Crippen LogP contribution in [0.5, 0.6) is 5.75 Å². The van der Waals surface area contributed by atoms with Crippen LogP contribution in [0.25, 0.3) is 0 Å². The van der Waals surface area contributed by atoms with E-state index in [1.807, 2.05) is 12.1 Å². The molecule has 0 atom stereocenters. The van der Waals surface area contributed by atoms with Crippen LogP contribution in [0.4, 0.5) is 0 Å². The maximum atomic E-state index is 6.04. The fraction of sp³-hybridized carbons (Fsp3) is 0.720. The minimum atomic E-state index is 0. The predicted octanol–water partition coefficient (Wildman–Crippen LogP) is 3.62. The molecule has 0 unspecified atom stereocenters. The van der Waals surface area contributed by atoms with Crippen molar-refractivity contribution in [3.8, 4) is 5.75 Å². The van der Waals surface area contributed by atoms with Gasteiger partial charge in [0.2, 0.25) is 0 Å². The van der Waals surface area contributed by atoms with Gasteiger partial charge in [0.05, 0.1) is 13.2 Å². The fourth-order valence-corrected chi connectivity index (χ4v) is 3.83. The van der Waals surface area contributed by atoms with Gasteiger partial charge in [0.1, 0.15) is 12.4 Å². The highest BCUT2D eigenvalue weighted by Crippen LogP contribution is 2.28. The van der Waals surface area contributed by atoms with Crippen molar-refractivity contribution in [1.82, 2.24) is 15.1 Å². The van der Waals surface area contributed by atoms with Crippen LogP contribution in [-0.2, 0) is 16.0 Å². The molecule has 0 aromatic heterocycles. The summed E-state index contributed by atoms with van der Waals surface area (Å²) in [5, 5.41) is 3.38. The van der Waals surface area contributed by atoms with Crippen molar-refractivity contribution in [2.45, 2.75) is 45.2 Å². The molecule has 1 aliphatic carbocycles. The van der Waals surface area contributed by atoms with E-state index in [0.717, 1.165) is 82.1 Å². The van der Waals surface area contributed by atoms with Crippen LogP contribution in [-0.4, -0.2) is 88.6 Å². The van der Waals surface area contributed by atoms with Gasteiger partial charge in [-0.2, -0.15) is 0 Å². The van der Waals surface area contributed by atoms with Gasteiger partial charge in [-0.15, -0.1) is 24.0 Å². The Morgan fingerprint density at radius 3 is 2.64 bits per heavy atom. The van der Waals surface area contributed by atoms with E-state index >= 15 is 0 Å². The summed E-state index contributed by atoms with van der Waals surface area (Å²) in [7, 11) is 4.25. The normalized spacial score (nSPS) is 17.0. The van der Waals surface area contributed by atoms with E-state index in [1.165, 1.54) is 12.8 Å². The number of aliphatic imine (C=N–C) groups is 1. The number of nitrogens with one attached hydrogen (secondary N) is 1. The summed E-state index contributed by atoms with van der Waals surface area (Å²) in [4.78, 5) is 9.36. The monoisotopic (exact) mass is 574 g/mol. The van der Waals surface area contributed by atoms with Crippen molar-refractivity contribution in [2.75, 3.05) is 66.8 Å². The van der Waals surface area contributed by atoms with Crippen LogP contribution in [0.2, 0.25) is 0 Å². The number of ether oxygens (including phenoxy) is 3. The number of guanidine groups is 1. The Bertz CT molecular complexity index is 696. The van der Waals surface area contributed by atoms with Crippen molar-refractivity contribution >= 4 is 29.9 Å². The number of rotatable bonds is 13. The molecule has 1 aromatic carbocycles. The van der Waals surface area contributed by atoms with Gasteiger partial charge in [-0.05, 0) is 63.3 Å². The lowest BCUT2D eigenvalue weighted by Gasteiger charge is -2.31. The number of hydrogen-bond donors (Lipinski definition) is 1. The number of halogens is 1. The van der Waals surface area contributed by atoms with E-state index in [-0.39, 0.29) is 24.0 Å². The molecule has 0 spiro atoms. The second-order valence-electron chi connectivity index (χ2n) is 8.93. The third kappa shape index (κ3) is 10.8. The molecule has 3 rings (SSSR count). The second kappa shape index (κ2) is 15.7. The summed E-state index contributed by atoms with van der Waals surface area (Å²) in [6.07, 6.45) is 4.88. The van der Waals surface area contributed by atoms with Crippen molar-refractivity contribution in [2.24, 2.45) is 10.9 Å². The Morgan fingerprint density at radius 1 is 1.12 bits per heavy atom. The summed E-state index contributed by atoms with van der Waals surface area (Å²) in [5.41, 5.74) is 1.15. The lowest BCUT2D eigenvalue weighted by molar-refractivity contribution is 0.0392. The molecule has 1 saturated heterocycles. The summed E-state index contributed by atoms with van der Waals surface area (Å²) in [5.74, 6) is 2.62. The molecule has 8 heteroatoms. The maximum absolute atomic E-state index is 6.04. The van der Waals surface area contributed by atoms with E-state index in [1.54, 1.807) is 0 Å². The van der Waals surface area contributed by atoms with Crippen LogP contribution < -0.4 is 10.1 Å². The fourth-order valence-electron chi connectivity index (χ4n) is 3.83. The topological polar surface area (TPSA) is 58.6 Å². The Morgan fingerprint density at radius 2 is 1.91 bits per heavy atom.